The first-order valence-corrected chi connectivity index (χ1v) is 8.69. The van der Waals surface area contributed by atoms with Crippen molar-refractivity contribution in [3.8, 4) is 0 Å². The molecule has 0 bridgehead atoms. The topological polar surface area (TPSA) is 58.2 Å². The molecule has 0 atom stereocenters. The Morgan fingerprint density at radius 2 is 2.17 bits per heavy atom. The van der Waals surface area contributed by atoms with Gasteiger partial charge in [0, 0.05) is 23.0 Å². The summed E-state index contributed by atoms with van der Waals surface area (Å²) >= 11 is 1.51. The Labute approximate surface area is 112 Å². The van der Waals surface area contributed by atoms with E-state index in [2.05, 4.69) is 10.0 Å². The summed E-state index contributed by atoms with van der Waals surface area (Å²) in [7, 11) is -3.35. The minimum Gasteiger partial charge on any atom is -0.309 e. The van der Waals surface area contributed by atoms with E-state index in [1.54, 1.807) is 6.07 Å². The molecule has 2 N–H and O–H groups in total. The van der Waals surface area contributed by atoms with Crippen LogP contribution in [0.3, 0.4) is 0 Å². The van der Waals surface area contributed by atoms with Gasteiger partial charge >= 0.3 is 0 Å². The standard InChI is InChI=1S/C12H18N2O2S2/c1-12(5-6-12)14-18(15,16)11-4-7-17-10(11)8-13-9-2-3-9/h4,7,9,13-14H,2-3,5-6,8H2,1H3. The third kappa shape index (κ3) is 2.77. The maximum Gasteiger partial charge on any atom is 0.242 e. The Kier molecular flexibility index (Phi) is 3.01. The molecule has 1 heterocycles. The van der Waals surface area contributed by atoms with Crippen molar-refractivity contribution < 1.29 is 8.42 Å². The summed E-state index contributed by atoms with van der Waals surface area (Å²) in [5.74, 6) is 0. The van der Waals surface area contributed by atoms with Crippen molar-refractivity contribution >= 4 is 21.4 Å². The minimum atomic E-state index is -3.35. The van der Waals surface area contributed by atoms with Gasteiger partial charge in [0.2, 0.25) is 10.0 Å². The zero-order valence-corrected chi connectivity index (χ0v) is 12.0. The number of hydrogen-bond donors (Lipinski definition) is 2. The second-order valence-corrected chi connectivity index (χ2v) is 8.18. The fourth-order valence-electron chi connectivity index (χ4n) is 1.89. The smallest absolute Gasteiger partial charge is 0.242 e. The van der Waals surface area contributed by atoms with E-state index in [-0.39, 0.29) is 5.54 Å². The van der Waals surface area contributed by atoms with Crippen molar-refractivity contribution in [2.75, 3.05) is 0 Å². The van der Waals surface area contributed by atoms with Crippen LogP contribution in [-0.4, -0.2) is 20.0 Å². The molecule has 2 aliphatic carbocycles. The van der Waals surface area contributed by atoms with Crippen molar-refractivity contribution in [1.29, 1.82) is 0 Å². The summed E-state index contributed by atoms with van der Waals surface area (Å²) in [5, 5.41) is 5.22. The van der Waals surface area contributed by atoms with Crippen LogP contribution in [0, 0.1) is 0 Å². The maximum atomic E-state index is 12.3. The third-order valence-corrected chi connectivity index (χ3v) is 6.28. The molecule has 6 heteroatoms. The van der Waals surface area contributed by atoms with Crippen LogP contribution in [0.1, 0.15) is 37.5 Å². The van der Waals surface area contributed by atoms with Crippen molar-refractivity contribution in [3.63, 3.8) is 0 Å². The number of rotatable bonds is 6. The molecule has 100 valence electrons. The molecule has 2 aliphatic rings. The van der Waals surface area contributed by atoms with E-state index in [1.807, 2.05) is 12.3 Å². The van der Waals surface area contributed by atoms with Gasteiger partial charge in [-0.3, -0.25) is 0 Å². The molecule has 4 nitrogen and oxygen atoms in total. The second kappa shape index (κ2) is 4.30. The number of nitrogens with one attached hydrogen (secondary N) is 2. The molecule has 0 aliphatic heterocycles. The molecule has 0 saturated heterocycles. The normalized spacial score (nSPS) is 22.1. The Morgan fingerprint density at radius 3 is 2.78 bits per heavy atom. The average Bonchev–Trinajstić information content (AvgIpc) is 3.18. The number of sulfonamides is 1. The summed E-state index contributed by atoms with van der Waals surface area (Å²) in [6, 6.07) is 2.31. The Hall–Kier alpha value is -0.430. The van der Waals surface area contributed by atoms with E-state index in [0.717, 1.165) is 17.7 Å². The van der Waals surface area contributed by atoms with Crippen LogP contribution in [0.4, 0.5) is 0 Å². The number of hydrogen-bond acceptors (Lipinski definition) is 4. The van der Waals surface area contributed by atoms with Crippen molar-refractivity contribution in [2.24, 2.45) is 0 Å². The minimum absolute atomic E-state index is 0.206. The summed E-state index contributed by atoms with van der Waals surface area (Å²) < 4.78 is 27.4. The summed E-state index contributed by atoms with van der Waals surface area (Å²) in [5.41, 5.74) is -0.206. The molecule has 2 fully saturated rings. The Bertz CT molecular complexity index is 542. The highest BCUT2D eigenvalue weighted by Gasteiger charge is 2.41. The van der Waals surface area contributed by atoms with Crippen molar-refractivity contribution in [2.45, 2.75) is 55.6 Å². The largest absolute Gasteiger partial charge is 0.309 e. The van der Waals surface area contributed by atoms with E-state index in [1.165, 1.54) is 24.2 Å². The predicted molar refractivity (Wildman–Crippen MR) is 72.1 cm³/mol. The molecule has 18 heavy (non-hydrogen) atoms. The van der Waals surface area contributed by atoms with Crippen LogP contribution in [0.2, 0.25) is 0 Å². The van der Waals surface area contributed by atoms with Crippen LogP contribution < -0.4 is 10.0 Å². The van der Waals surface area contributed by atoms with E-state index < -0.39 is 10.0 Å². The monoisotopic (exact) mass is 286 g/mol. The van der Waals surface area contributed by atoms with Crippen molar-refractivity contribution in [3.05, 3.63) is 16.3 Å². The predicted octanol–water partition coefficient (Wildman–Crippen LogP) is 1.83. The summed E-state index contributed by atoms with van der Waals surface area (Å²) in [6.45, 7) is 2.62. The summed E-state index contributed by atoms with van der Waals surface area (Å²) in [4.78, 5) is 1.37. The first kappa shape index (κ1) is 12.6. The van der Waals surface area contributed by atoms with Crippen molar-refractivity contribution in [1.82, 2.24) is 10.0 Å². The van der Waals surface area contributed by atoms with E-state index >= 15 is 0 Å². The van der Waals surface area contributed by atoms with Gasteiger partial charge in [-0.1, -0.05) is 0 Å². The molecule has 0 spiro atoms. The molecular formula is C12H18N2O2S2. The van der Waals surface area contributed by atoms with Crippen LogP contribution in [0.25, 0.3) is 0 Å². The highest BCUT2D eigenvalue weighted by molar-refractivity contribution is 7.89. The van der Waals surface area contributed by atoms with Gasteiger partial charge in [0.05, 0.1) is 4.90 Å². The SMILES string of the molecule is CC1(NS(=O)(=O)c2ccsc2CNC2CC2)CC1. The zero-order valence-electron chi connectivity index (χ0n) is 10.4. The highest BCUT2D eigenvalue weighted by Crippen LogP contribution is 2.36. The second-order valence-electron chi connectivity index (χ2n) is 5.53. The molecule has 3 rings (SSSR count). The zero-order chi connectivity index (χ0) is 12.8. The highest BCUT2D eigenvalue weighted by atomic mass is 32.2. The molecule has 1 aromatic heterocycles. The van der Waals surface area contributed by atoms with Crippen LogP contribution >= 0.6 is 11.3 Å². The molecule has 0 radical (unpaired) electrons. The molecule has 2 saturated carbocycles. The number of thiophene rings is 1. The Balaban J connectivity index is 1.75. The van der Waals surface area contributed by atoms with Gasteiger partial charge in [0.15, 0.2) is 0 Å². The van der Waals surface area contributed by atoms with E-state index in [9.17, 15) is 8.42 Å². The lowest BCUT2D eigenvalue weighted by molar-refractivity contribution is 0.556. The van der Waals surface area contributed by atoms with E-state index in [0.29, 0.717) is 17.5 Å². The fraction of sp³-hybridized carbons (Fsp3) is 0.667. The van der Waals surface area contributed by atoms with Gasteiger partial charge in [0.1, 0.15) is 0 Å². The van der Waals surface area contributed by atoms with Gasteiger partial charge in [0.25, 0.3) is 0 Å². The molecule has 1 aromatic rings. The quantitative estimate of drug-likeness (QED) is 0.839. The molecule has 0 unspecified atom stereocenters. The first-order valence-electron chi connectivity index (χ1n) is 6.32. The molecule has 0 amide bonds. The van der Waals surface area contributed by atoms with Crippen LogP contribution in [0.5, 0.6) is 0 Å². The molecule has 0 aromatic carbocycles. The summed E-state index contributed by atoms with van der Waals surface area (Å²) in [6.07, 6.45) is 4.30. The van der Waals surface area contributed by atoms with Gasteiger partial charge in [-0.15, -0.1) is 11.3 Å². The molecular weight excluding hydrogens is 268 g/mol. The Morgan fingerprint density at radius 1 is 1.44 bits per heavy atom. The third-order valence-electron chi connectivity index (χ3n) is 3.50. The van der Waals surface area contributed by atoms with Gasteiger partial charge < -0.3 is 5.32 Å². The first-order chi connectivity index (χ1) is 8.49. The van der Waals surface area contributed by atoms with Gasteiger partial charge in [-0.05, 0) is 44.1 Å². The average molecular weight is 286 g/mol. The maximum absolute atomic E-state index is 12.3. The van der Waals surface area contributed by atoms with Gasteiger partial charge in [-0.25, -0.2) is 13.1 Å². The fourth-order valence-corrected chi connectivity index (χ4v) is 4.75. The van der Waals surface area contributed by atoms with Gasteiger partial charge in [-0.2, -0.15) is 0 Å². The van der Waals surface area contributed by atoms with E-state index in [4.69, 9.17) is 0 Å². The lowest BCUT2D eigenvalue weighted by Gasteiger charge is -2.12. The van der Waals surface area contributed by atoms with Crippen LogP contribution in [-0.2, 0) is 16.6 Å². The lowest BCUT2D eigenvalue weighted by atomic mass is 10.4. The lowest BCUT2D eigenvalue weighted by Crippen LogP contribution is -2.34. The van der Waals surface area contributed by atoms with Crippen LogP contribution in [0.15, 0.2) is 16.3 Å².